The lowest BCUT2D eigenvalue weighted by Crippen LogP contribution is -2.29. The Morgan fingerprint density at radius 3 is 2.41 bits per heavy atom. The summed E-state index contributed by atoms with van der Waals surface area (Å²) in [4.78, 5) is 13.1. The first-order valence-electron chi connectivity index (χ1n) is 9.45. The van der Waals surface area contributed by atoms with Crippen LogP contribution in [-0.4, -0.2) is 22.2 Å². The molecule has 0 fully saturated rings. The molecule has 0 unspecified atom stereocenters. The maximum absolute atomic E-state index is 13.1. The monoisotopic (exact) mass is 360 g/mol. The van der Waals surface area contributed by atoms with Crippen LogP contribution in [0.5, 0.6) is 0 Å². The average molecular weight is 360 g/mol. The largest absolute Gasteiger partial charge is 0.350 e. The minimum atomic E-state index is -0.325. The van der Waals surface area contributed by atoms with Gasteiger partial charge in [-0.25, -0.2) is 0 Å². The molecule has 0 atom stereocenters. The Morgan fingerprint density at radius 1 is 1.07 bits per heavy atom. The van der Waals surface area contributed by atoms with E-state index in [1.807, 2.05) is 65.3 Å². The van der Waals surface area contributed by atoms with Crippen molar-refractivity contribution in [3.8, 4) is 0 Å². The molecule has 1 aliphatic heterocycles. The molecular weight excluding hydrogens is 336 g/mol. The maximum Gasteiger partial charge on any atom is 0.232 e. The van der Waals surface area contributed by atoms with Crippen molar-refractivity contribution < 1.29 is 4.79 Å². The molecule has 5 heteroatoms. The van der Waals surface area contributed by atoms with Gasteiger partial charge in [-0.2, -0.15) is 5.10 Å². The normalized spacial score (nSPS) is 13.8. The van der Waals surface area contributed by atoms with E-state index in [0.717, 1.165) is 42.9 Å². The van der Waals surface area contributed by atoms with E-state index in [9.17, 15) is 4.79 Å². The molecule has 2 N–H and O–H groups in total. The van der Waals surface area contributed by atoms with Gasteiger partial charge in [0, 0.05) is 13.1 Å². The Balaban J connectivity index is 1.51. The highest BCUT2D eigenvalue weighted by molar-refractivity contribution is 5.87. The molecule has 1 amide bonds. The Bertz CT molecular complexity index is 826. The highest BCUT2D eigenvalue weighted by Crippen LogP contribution is 2.24. The number of carbonyl (C=O) groups is 1. The molecule has 4 rings (SSSR count). The molecule has 2 aromatic carbocycles. The number of aryl methyl sites for hydroxylation is 1. The lowest BCUT2D eigenvalue weighted by Gasteiger charge is -2.17. The molecule has 2 heterocycles. The Kier molecular flexibility index (Phi) is 5.30. The third-order valence-electron chi connectivity index (χ3n) is 4.92. The summed E-state index contributed by atoms with van der Waals surface area (Å²) in [5, 5.41) is 11.1. The summed E-state index contributed by atoms with van der Waals surface area (Å²) < 4.78 is 2.05. The van der Waals surface area contributed by atoms with Crippen LogP contribution >= 0.6 is 0 Å². The van der Waals surface area contributed by atoms with Crippen LogP contribution in [0.3, 0.4) is 0 Å². The van der Waals surface area contributed by atoms with E-state index in [-0.39, 0.29) is 11.8 Å². The highest BCUT2D eigenvalue weighted by atomic mass is 16.1. The van der Waals surface area contributed by atoms with Gasteiger partial charge in [0.2, 0.25) is 5.91 Å². The summed E-state index contributed by atoms with van der Waals surface area (Å²) in [6.45, 7) is 3.21. The molecular formula is C22H24N4O. The molecule has 1 aliphatic rings. The van der Waals surface area contributed by atoms with Gasteiger partial charge in [0.25, 0.3) is 0 Å². The van der Waals surface area contributed by atoms with Crippen molar-refractivity contribution in [2.45, 2.75) is 32.0 Å². The topological polar surface area (TPSA) is 59.0 Å². The molecule has 5 nitrogen and oxygen atoms in total. The first-order valence-corrected chi connectivity index (χ1v) is 9.45. The number of carbonyl (C=O) groups excluding carboxylic acids is 1. The molecule has 0 spiro atoms. The number of nitrogens with one attached hydrogen (secondary N) is 2. The van der Waals surface area contributed by atoms with E-state index >= 15 is 0 Å². The first-order chi connectivity index (χ1) is 13.3. The van der Waals surface area contributed by atoms with E-state index in [4.69, 9.17) is 0 Å². The molecule has 0 saturated heterocycles. The number of fused-ring (bicyclic) bond motifs is 1. The Morgan fingerprint density at radius 2 is 1.74 bits per heavy atom. The minimum absolute atomic E-state index is 0.00582. The third kappa shape index (κ3) is 4.09. The summed E-state index contributed by atoms with van der Waals surface area (Å²) in [6.07, 6.45) is 1.07. The minimum Gasteiger partial charge on any atom is -0.350 e. The number of aromatic nitrogens is 2. The van der Waals surface area contributed by atoms with Crippen molar-refractivity contribution in [3.05, 3.63) is 89.2 Å². The highest BCUT2D eigenvalue weighted by Gasteiger charge is 2.22. The smallest absolute Gasteiger partial charge is 0.232 e. The van der Waals surface area contributed by atoms with Crippen LogP contribution in [-0.2, 0) is 24.4 Å². The van der Waals surface area contributed by atoms with Gasteiger partial charge in [0.05, 0.1) is 23.9 Å². The van der Waals surface area contributed by atoms with Crippen LogP contribution in [0, 0.1) is 0 Å². The summed E-state index contributed by atoms with van der Waals surface area (Å²) >= 11 is 0. The van der Waals surface area contributed by atoms with Crippen molar-refractivity contribution in [3.63, 3.8) is 0 Å². The zero-order chi connectivity index (χ0) is 18.5. The van der Waals surface area contributed by atoms with Crippen LogP contribution in [0.2, 0.25) is 0 Å². The number of hydrogen-bond donors (Lipinski definition) is 2. The lowest BCUT2D eigenvalue weighted by molar-refractivity contribution is -0.121. The number of benzene rings is 2. The second-order valence-corrected chi connectivity index (χ2v) is 6.85. The van der Waals surface area contributed by atoms with Crippen molar-refractivity contribution in [1.29, 1.82) is 0 Å². The average Bonchev–Trinajstić information content (AvgIpc) is 2.97. The number of rotatable bonds is 5. The van der Waals surface area contributed by atoms with Crippen molar-refractivity contribution >= 4 is 5.91 Å². The fourth-order valence-electron chi connectivity index (χ4n) is 3.57. The summed E-state index contributed by atoms with van der Waals surface area (Å²) in [5.74, 6) is -0.330. The molecule has 138 valence electrons. The van der Waals surface area contributed by atoms with Gasteiger partial charge in [-0.05, 0) is 30.2 Å². The third-order valence-corrected chi connectivity index (χ3v) is 4.92. The second-order valence-electron chi connectivity index (χ2n) is 6.85. The fraction of sp³-hybridized carbons (Fsp3) is 0.273. The van der Waals surface area contributed by atoms with Gasteiger partial charge in [-0.3, -0.25) is 9.48 Å². The van der Waals surface area contributed by atoms with Gasteiger partial charge in [0.1, 0.15) is 0 Å². The van der Waals surface area contributed by atoms with Crippen molar-refractivity contribution in [2.75, 3.05) is 6.54 Å². The zero-order valence-corrected chi connectivity index (χ0v) is 15.3. The van der Waals surface area contributed by atoms with E-state index < -0.39 is 0 Å². The predicted molar refractivity (Wildman–Crippen MR) is 105 cm³/mol. The fourth-order valence-corrected chi connectivity index (χ4v) is 3.57. The van der Waals surface area contributed by atoms with Crippen LogP contribution in [0.25, 0.3) is 0 Å². The van der Waals surface area contributed by atoms with Crippen LogP contribution in [0.15, 0.2) is 66.7 Å². The van der Waals surface area contributed by atoms with Crippen molar-refractivity contribution in [1.82, 2.24) is 20.4 Å². The quantitative estimate of drug-likeness (QED) is 0.736. The maximum atomic E-state index is 13.1. The molecule has 0 bridgehead atoms. The number of amides is 1. The zero-order valence-electron chi connectivity index (χ0n) is 15.3. The van der Waals surface area contributed by atoms with E-state index in [2.05, 4.69) is 21.8 Å². The van der Waals surface area contributed by atoms with E-state index in [1.54, 1.807) is 0 Å². The van der Waals surface area contributed by atoms with E-state index in [1.165, 1.54) is 5.69 Å². The van der Waals surface area contributed by atoms with Crippen LogP contribution < -0.4 is 10.6 Å². The van der Waals surface area contributed by atoms with Gasteiger partial charge >= 0.3 is 0 Å². The van der Waals surface area contributed by atoms with E-state index in [0.29, 0.717) is 6.54 Å². The second kappa shape index (κ2) is 8.18. The first kappa shape index (κ1) is 17.5. The predicted octanol–water partition coefficient (Wildman–Crippen LogP) is 2.82. The Hall–Kier alpha value is -2.92. The molecule has 0 saturated carbocycles. The molecule has 1 aromatic heterocycles. The standard InChI is InChI=1S/C22H24N4O/c27-22(24-15-19-14-20-16-23-12-7-13-26(20)25-19)21(17-8-3-1-4-9-17)18-10-5-2-6-11-18/h1-6,8-11,14,21,23H,7,12-13,15-16H2,(H,24,27). The number of hydrogen-bond acceptors (Lipinski definition) is 3. The summed E-state index contributed by atoms with van der Waals surface area (Å²) in [6, 6.07) is 21.9. The molecule has 0 radical (unpaired) electrons. The summed E-state index contributed by atoms with van der Waals surface area (Å²) in [7, 11) is 0. The van der Waals surface area contributed by atoms with Crippen molar-refractivity contribution in [2.24, 2.45) is 0 Å². The SMILES string of the molecule is O=C(NCc1cc2n(n1)CCCNC2)C(c1ccccc1)c1ccccc1. The lowest BCUT2D eigenvalue weighted by atomic mass is 9.90. The van der Waals surface area contributed by atoms with Crippen LogP contribution in [0.4, 0.5) is 0 Å². The summed E-state index contributed by atoms with van der Waals surface area (Å²) in [5.41, 5.74) is 4.07. The van der Waals surface area contributed by atoms with Gasteiger partial charge in [0.15, 0.2) is 0 Å². The van der Waals surface area contributed by atoms with Crippen LogP contribution in [0.1, 0.15) is 34.9 Å². The molecule has 3 aromatic rings. The molecule has 27 heavy (non-hydrogen) atoms. The molecule has 0 aliphatic carbocycles. The van der Waals surface area contributed by atoms with Gasteiger partial charge in [-0.15, -0.1) is 0 Å². The Labute approximate surface area is 159 Å². The van der Waals surface area contributed by atoms with Gasteiger partial charge in [-0.1, -0.05) is 60.7 Å². The number of nitrogens with zero attached hydrogens (tertiary/aromatic N) is 2. The van der Waals surface area contributed by atoms with Gasteiger partial charge < -0.3 is 10.6 Å².